The van der Waals surface area contributed by atoms with Crippen LogP contribution in [0.25, 0.3) is 0 Å². The number of anilines is 1. The van der Waals surface area contributed by atoms with Gasteiger partial charge in [-0.15, -0.1) is 0 Å². The quantitative estimate of drug-likeness (QED) is 0.329. The molecule has 1 aromatic carbocycles. The Morgan fingerprint density at radius 1 is 1.11 bits per heavy atom. The summed E-state index contributed by atoms with van der Waals surface area (Å²) in [5.41, 5.74) is 0.909. The number of pyridine rings is 2. The van der Waals surface area contributed by atoms with Crippen LogP contribution in [0.5, 0.6) is 0 Å². The molecule has 182 valence electrons. The Hall–Kier alpha value is -3.79. The van der Waals surface area contributed by atoms with Crippen molar-refractivity contribution in [1.29, 1.82) is 0 Å². The number of piperidine rings is 1. The summed E-state index contributed by atoms with van der Waals surface area (Å²) in [4.78, 5) is 31.1. The highest BCUT2D eigenvalue weighted by molar-refractivity contribution is 6.09. The van der Waals surface area contributed by atoms with Crippen LogP contribution in [0.15, 0.2) is 67.1 Å². The molecule has 1 saturated heterocycles. The van der Waals surface area contributed by atoms with Gasteiger partial charge in [0, 0.05) is 49.0 Å². The van der Waals surface area contributed by atoms with Gasteiger partial charge in [0.2, 0.25) is 5.91 Å². The maximum absolute atomic E-state index is 14.6. The van der Waals surface area contributed by atoms with E-state index in [1.807, 2.05) is 0 Å². The molecule has 7 nitrogen and oxygen atoms in total. The number of benzene rings is 1. The zero-order chi connectivity index (χ0) is 25.2. The SMILES string of the molecule is CC(C(=O)Nc1ccc(C(=O)c2ccc(F)cc2)cn1)N1CCC(F)(F)[C@@H](c2cc[n+]([O-])cc2)C1. The fourth-order valence-corrected chi connectivity index (χ4v) is 4.05. The lowest BCUT2D eigenvalue weighted by Gasteiger charge is -2.40. The van der Waals surface area contributed by atoms with Gasteiger partial charge in [-0.2, -0.15) is 4.73 Å². The van der Waals surface area contributed by atoms with Crippen LogP contribution in [-0.4, -0.2) is 46.6 Å². The zero-order valence-electron chi connectivity index (χ0n) is 18.8. The van der Waals surface area contributed by atoms with Gasteiger partial charge in [0.25, 0.3) is 5.92 Å². The summed E-state index contributed by atoms with van der Waals surface area (Å²) < 4.78 is 42.8. The van der Waals surface area contributed by atoms with Crippen molar-refractivity contribution >= 4 is 17.5 Å². The maximum atomic E-state index is 14.6. The average Bonchev–Trinajstić information content (AvgIpc) is 2.85. The number of carbonyl (C=O) groups is 2. The minimum absolute atomic E-state index is 0.0328. The van der Waals surface area contributed by atoms with E-state index in [-0.39, 0.29) is 30.3 Å². The second-order valence-corrected chi connectivity index (χ2v) is 8.48. The van der Waals surface area contributed by atoms with Gasteiger partial charge in [-0.3, -0.25) is 14.5 Å². The third-order valence-corrected chi connectivity index (χ3v) is 6.20. The fraction of sp³-hybridized carbons (Fsp3) is 0.280. The third-order valence-electron chi connectivity index (χ3n) is 6.20. The van der Waals surface area contributed by atoms with Crippen LogP contribution in [0.4, 0.5) is 19.0 Å². The van der Waals surface area contributed by atoms with E-state index < -0.39 is 36.0 Å². The molecule has 1 N–H and O–H groups in total. The zero-order valence-corrected chi connectivity index (χ0v) is 18.8. The summed E-state index contributed by atoms with van der Waals surface area (Å²) in [6.45, 7) is 1.60. The van der Waals surface area contributed by atoms with Gasteiger partial charge >= 0.3 is 0 Å². The summed E-state index contributed by atoms with van der Waals surface area (Å²) in [6, 6.07) is 10.1. The Bertz CT molecular complexity index is 1200. The first-order valence-corrected chi connectivity index (χ1v) is 11.0. The van der Waals surface area contributed by atoms with E-state index in [1.54, 1.807) is 11.8 Å². The van der Waals surface area contributed by atoms with E-state index in [9.17, 15) is 28.0 Å². The molecule has 0 radical (unpaired) electrons. The molecular weight excluding hydrogens is 461 g/mol. The molecule has 2 atom stereocenters. The number of likely N-dealkylation sites (tertiary alicyclic amines) is 1. The summed E-state index contributed by atoms with van der Waals surface area (Å²) in [6.07, 6.45) is 3.24. The lowest BCUT2D eigenvalue weighted by atomic mass is 9.87. The molecule has 1 amide bonds. The van der Waals surface area contributed by atoms with Gasteiger partial charge in [0.1, 0.15) is 11.6 Å². The molecule has 3 aromatic rings. The number of rotatable bonds is 6. The largest absolute Gasteiger partial charge is 0.619 e. The standard InChI is InChI=1S/C25H23F3N4O3/c1-16(31-13-10-25(27,28)21(15-31)17-8-11-32(35)12-9-17)24(34)30-22-7-4-19(14-29-22)23(33)18-2-5-20(26)6-3-18/h2-9,11-12,14,16,21H,10,13,15H2,1H3,(H,29,30,34)/t16?,21-/m1/s1. The summed E-state index contributed by atoms with van der Waals surface area (Å²) in [5.74, 6) is -5.12. The van der Waals surface area contributed by atoms with E-state index >= 15 is 0 Å². The molecule has 0 spiro atoms. The van der Waals surface area contributed by atoms with Gasteiger partial charge in [-0.05, 0) is 48.9 Å². The summed E-state index contributed by atoms with van der Waals surface area (Å²) in [5, 5.41) is 13.9. The van der Waals surface area contributed by atoms with E-state index in [0.717, 1.165) is 0 Å². The van der Waals surface area contributed by atoms with Crippen molar-refractivity contribution in [2.45, 2.75) is 31.2 Å². The van der Waals surface area contributed by atoms with Crippen molar-refractivity contribution in [2.24, 2.45) is 0 Å². The van der Waals surface area contributed by atoms with Gasteiger partial charge in [-0.25, -0.2) is 18.2 Å². The minimum atomic E-state index is -2.96. The Labute approximate surface area is 199 Å². The summed E-state index contributed by atoms with van der Waals surface area (Å²) in [7, 11) is 0. The number of amides is 1. The van der Waals surface area contributed by atoms with E-state index in [1.165, 1.54) is 67.1 Å². The second-order valence-electron chi connectivity index (χ2n) is 8.48. The number of hydrogen-bond acceptors (Lipinski definition) is 5. The number of halogens is 3. The molecule has 4 rings (SSSR count). The first kappa shape index (κ1) is 24.3. The molecule has 0 saturated carbocycles. The molecule has 1 aliphatic heterocycles. The molecule has 0 bridgehead atoms. The number of aromatic nitrogens is 2. The first-order valence-electron chi connectivity index (χ1n) is 11.0. The molecule has 10 heteroatoms. The van der Waals surface area contributed by atoms with Crippen molar-refractivity contribution in [1.82, 2.24) is 9.88 Å². The topological polar surface area (TPSA) is 89.2 Å². The average molecular weight is 484 g/mol. The van der Waals surface area contributed by atoms with Crippen LogP contribution in [0, 0.1) is 11.0 Å². The Morgan fingerprint density at radius 2 is 1.77 bits per heavy atom. The lowest BCUT2D eigenvalue weighted by Crippen LogP contribution is -2.52. The predicted octanol–water partition coefficient (Wildman–Crippen LogP) is 3.54. The van der Waals surface area contributed by atoms with E-state index in [4.69, 9.17) is 0 Å². The highest BCUT2D eigenvalue weighted by Crippen LogP contribution is 2.40. The smallest absolute Gasteiger partial charge is 0.257 e. The number of nitrogens with one attached hydrogen (secondary N) is 1. The van der Waals surface area contributed by atoms with Gasteiger partial charge < -0.3 is 10.5 Å². The number of nitrogens with zero attached hydrogens (tertiary/aromatic N) is 3. The van der Waals surface area contributed by atoms with Gasteiger partial charge in [0.15, 0.2) is 18.2 Å². The predicted molar refractivity (Wildman–Crippen MR) is 121 cm³/mol. The molecule has 1 unspecified atom stereocenters. The number of hydrogen-bond donors (Lipinski definition) is 1. The number of carbonyl (C=O) groups excluding carboxylic acids is 2. The van der Waals surface area contributed by atoms with E-state index in [2.05, 4.69) is 10.3 Å². The van der Waals surface area contributed by atoms with Crippen LogP contribution in [0.2, 0.25) is 0 Å². The van der Waals surface area contributed by atoms with Crippen LogP contribution in [0.3, 0.4) is 0 Å². The number of ketones is 1. The van der Waals surface area contributed by atoms with Crippen LogP contribution < -0.4 is 10.0 Å². The third kappa shape index (κ3) is 5.48. The highest BCUT2D eigenvalue weighted by Gasteiger charge is 2.46. The Morgan fingerprint density at radius 3 is 2.40 bits per heavy atom. The van der Waals surface area contributed by atoms with Crippen molar-refractivity contribution in [3.05, 3.63) is 94.8 Å². The lowest BCUT2D eigenvalue weighted by molar-refractivity contribution is -0.605. The molecular formula is C25H23F3N4O3. The van der Waals surface area contributed by atoms with Crippen molar-refractivity contribution in [3.63, 3.8) is 0 Å². The molecule has 1 aliphatic rings. The Kier molecular flexibility index (Phi) is 6.83. The second kappa shape index (κ2) is 9.83. The molecule has 3 heterocycles. The number of alkyl halides is 2. The molecule has 2 aromatic heterocycles. The van der Waals surface area contributed by atoms with Crippen molar-refractivity contribution in [2.75, 3.05) is 18.4 Å². The molecule has 35 heavy (non-hydrogen) atoms. The summed E-state index contributed by atoms with van der Waals surface area (Å²) >= 11 is 0. The first-order chi connectivity index (χ1) is 16.6. The van der Waals surface area contributed by atoms with E-state index in [0.29, 0.717) is 15.9 Å². The minimum Gasteiger partial charge on any atom is -0.619 e. The fourth-order valence-electron chi connectivity index (χ4n) is 4.05. The van der Waals surface area contributed by atoms with Crippen LogP contribution >= 0.6 is 0 Å². The van der Waals surface area contributed by atoms with Crippen LogP contribution in [-0.2, 0) is 4.79 Å². The monoisotopic (exact) mass is 484 g/mol. The maximum Gasteiger partial charge on any atom is 0.257 e. The molecule has 0 aliphatic carbocycles. The normalized spacial score (nSPS) is 18.6. The Balaban J connectivity index is 1.40. The van der Waals surface area contributed by atoms with Gasteiger partial charge in [-0.1, -0.05) is 0 Å². The van der Waals surface area contributed by atoms with Crippen molar-refractivity contribution in [3.8, 4) is 0 Å². The van der Waals surface area contributed by atoms with Gasteiger partial charge in [0.05, 0.1) is 12.0 Å². The van der Waals surface area contributed by atoms with Crippen molar-refractivity contribution < 1.29 is 27.5 Å². The van der Waals surface area contributed by atoms with Crippen LogP contribution in [0.1, 0.15) is 40.7 Å². The highest BCUT2D eigenvalue weighted by atomic mass is 19.3. The molecule has 1 fully saturated rings.